The van der Waals surface area contributed by atoms with E-state index in [4.69, 9.17) is 11.6 Å². The maximum absolute atomic E-state index is 13.2. The Labute approximate surface area is 106 Å². The van der Waals surface area contributed by atoms with E-state index in [1.807, 2.05) is 13.8 Å². The van der Waals surface area contributed by atoms with Gasteiger partial charge in [0.25, 0.3) is 0 Å². The second-order valence-electron chi connectivity index (χ2n) is 4.46. The van der Waals surface area contributed by atoms with Gasteiger partial charge in [0.1, 0.15) is 0 Å². The lowest BCUT2D eigenvalue weighted by atomic mass is 9.95. The summed E-state index contributed by atoms with van der Waals surface area (Å²) < 4.78 is 26.2. The summed E-state index contributed by atoms with van der Waals surface area (Å²) in [7, 11) is 0. The van der Waals surface area contributed by atoms with Gasteiger partial charge >= 0.3 is 0 Å². The van der Waals surface area contributed by atoms with Crippen molar-refractivity contribution in [1.82, 2.24) is 5.32 Å². The van der Waals surface area contributed by atoms with E-state index in [0.29, 0.717) is 5.56 Å². The van der Waals surface area contributed by atoms with Crippen molar-refractivity contribution in [2.75, 3.05) is 6.54 Å². The van der Waals surface area contributed by atoms with Gasteiger partial charge in [-0.15, -0.1) is 0 Å². The molecule has 0 radical (unpaired) electrons. The van der Waals surface area contributed by atoms with Crippen molar-refractivity contribution >= 4 is 11.6 Å². The van der Waals surface area contributed by atoms with Crippen molar-refractivity contribution < 1.29 is 8.78 Å². The predicted molar refractivity (Wildman–Crippen MR) is 67.2 cm³/mol. The highest BCUT2D eigenvalue weighted by Gasteiger charge is 2.20. The van der Waals surface area contributed by atoms with Gasteiger partial charge in [0, 0.05) is 11.1 Å². The quantitative estimate of drug-likeness (QED) is 0.779. The molecule has 1 atom stereocenters. The van der Waals surface area contributed by atoms with E-state index in [-0.39, 0.29) is 17.0 Å². The second kappa shape index (κ2) is 6.31. The van der Waals surface area contributed by atoms with Crippen molar-refractivity contribution in [1.29, 1.82) is 0 Å². The smallest absolute Gasteiger partial charge is 0.160 e. The zero-order valence-electron chi connectivity index (χ0n) is 10.4. The summed E-state index contributed by atoms with van der Waals surface area (Å²) in [6, 6.07) is 2.16. The van der Waals surface area contributed by atoms with Gasteiger partial charge in [-0.3, -0.25) is 0 Å². The monoisotopic (exact) mass is 261 g/mol. The molecular formula is C13H18ClF2N. The molecule has 0 bridgehead atoms. The number of hydrogen-bond donors (Lipinski definition) is 1. The lowest BCUT2D eigenvalue weighted by molar-refractivity contribution is 0.409. The van der Waals surface area contributed by atoms with Gasteiger partial charge in [0.2, 0.25) is 0 Å². The lowest BCUT2D eigenvalue weighted by Gasteiger charge is -2.24. The molecule has 4 heteroatoms. The first-order chi connectivity index (χ1) is 7.97. The molecule has 0 saturated heterocycles. The van der Waals surface area contributed by atoms with Crippen LogP contribution in [-0.2, 0) is 0 Å². The summed E-state index contributed by atoms with van der Waals surface area (Å²) in [5, 5.41) is 3.57. The Morgan fingerprint density at radius 2 is 1.82 bits per heavy atom. The van der Waals surface area contributed by atoms with Gasteiger partial charge in [0.05, 0.1) is 0 Å². The van der Waals surface area contributed by atoms with E-state index < -0.39 is 11.6 Å². The summed E-state index contributed by atoms with van der Waals surface area (Å²) in [6.07, 6.45) is 0.977. The summed E-state index contributed by atoms with van der Waals surface area (Å²) in [5.41, 5.74) is 0.619. The highest BCUT2D eigenvalue weighted by molar-refractivity contribution is 6.31. The fourth-order valence-electron chi connectivity index (χ4n) is 1.78. The maximum Gasteiger partial charge on any atom is 0.160 e. The molecule has 1 rings (SSSR count). The molecule has 0 aliphatic carbocycles. The van der Waals surface area contributed by atoms with Crippen LogP contribution in [0.1, 0.15) is 38.8 Å². The maximum atomic E-state index is 13.2. The fraction of sp³-hybridized carbons (Fsp3) is 0.538. The molecule has 1 unspecified atom stereocenters. The van der Waals surface area contributed by atoms with Crippen LogP contribution in [0.2, 0.25) is 5.02 Å². The molecule has 17 heavy (non-hydrogen) atoms. The third-order valence-electron chi connectivity index (χ3n) is 2.66. The van der Waals surface area contributed by atoms with E-state index in [0.717, 1.165) is 19.0 Å². The average Bonchev–Trinajstić information content (AvgIpc) is 2.25. The third-order valence-corrected chi connectivity index (χ3v) is 2.98. The average molecular weight is 262 g/mol. The molecule has 0 heterocycles. The standard InChI is InChI=1S/C13H18ClF2N/c1-4-5-17-13(8(2)3)9-6-11(15)12(16)7-10(9)14/h6-8,13,17H,4-5H2,1-3H3. The van der Waals surface area contributed by atoms with E-state index >= 15 is 0 Å². The summed E-state index contributed by atoms with van der Waals surface area (Å²) >= 11 is 5.97. The van der Waals surface area contributed by atoms with Crippen molar-refractivity contribution in [2.45, 2.75) is 33.2 Å². The lowest BCUT2D eigenvalue weighted by Crippen LogP contribution is -2.27. The molecule has 1 aromatic rings. The van der Waals surface area contributed by atoms with Gasteiger partial charge in [-0.2, -0.15) is 0 Å². The summed E-state index contributed by atoms with van der Waals surface area (Å²) in [5.74, 6) is -1.51. The molecule has 0 fully saturated rings. The van der Waals surface area contributed by atoms with Crippen LogP contribution in [0.25, 0.3) is 0 Å². The highest BCUT2D eigenvalue weighted by Crippen LogP contribution is 2.30. The third kappa shape index (κ3) is 3.65. The van der Waals surface area contributed by atoms with E-state index in [1.54, 1.807) is 0 Å². The van der Waals surface area contributed by atoms with Gasteiger partial charge < -0.3 is 5.32 Å². The minimum Gasteiger partial charge on any atom is -0.310 e. The number of hydrogen-bond acceptors (Lipinski definition) is 1. The second-order valence-corrected chi connectivity index (χ2v) is 4.87. The van der Waals surface area contributed by atoms with Crippen LogP contribution in [0.15, 0.2) is 12.1 Å². The Hall–Kier alpha value is -0.670. The summed E-state index contributed by atoms with van der Waals surface area (Å²) in [6.45, 7) is 6.91. The van der Waals surface area contributed by atoms with Crippen LogP contribution >= 0.6 is 11.6 Å². The van der Waals surface area contributed by atoms with Gasteiger partial charge in [-0.25, -0.2) is 8.78 Å². The first-order valence-electron chi connectivity index (χ1n) is 5.85. The zero-order chi connectivity index (χ0) is 13.0. The van der Waals surface area contributed by atoms with Gasteiger partial charge in [-0.05, 0) is 36.6 Å². The molecule has 1 nitrogen and oxygen atoms in total. The van der Waals surface area contributed by atoms with Gasteiger partial charge in [0.15, 0.2) is 11.6 Å². The molecule has 0 saturated carbocycles. The van der Waals surface area contributed by atoms with Crippen LogP contribution in [0.5, 0.6) is 0 Å². The van der Waals surface area contributed by atoms with Crippen LogP contribution in [0, 0.1) is 17.6 Å². The topological polar surface area (TPSA) is 12.0 Å². The van der Waals surface area contributed by atoms with E-state index in [1.165, 1.54) is 6.07 Å². The summed E-state index contributed by atoms with van der Waals surface area (Å²) in [4.78, 5) is 0. The number of benzene rings is 1. The van der Waals surface area contributed by atoms with Crippen molar-refractivity contribution in [3.63, 3.8) is 0 Å². The highest BCUT2D eigenvalue weighted by atomic mass is 35.5. The van der Waals surface area contributed by atoms with Crippen LogP contribution in [0.4, 0.5) is 8.78 Å². The van der Waals surface area contributed by atoms with Crippen molar-refractivity contribution in [3.05, 3.63) is 34.4 Å². The Morgan fingerprint density at radius 3 is 2.35 bits per heavy atom. The number of nitrogens with one attached hydrogen (secondary N) is 1. The molecule has 1 aromatic carbocycles. The molecule has 0 aliphatic heterocycles. The van der Waals surface area contributed by atoms with E-state index in [2.05, 4.69) is 12.2 Å². The Bertz CT molecular complexity index is 380. The number of rotatable bonds is 5. The first kappa shape index (κ1) is 14.4. The Morgan fingerprint density at radius 1 is 1.24 bits per heavy atom. The van der Waals surface area contributed by atoms with Crippen LogP contribution in [-0.4, -0.2) is 6.54 Å². The van der Waals surface area contributed by atoms with Crippen LogP contribution < -0.4 is 5.32 Å². The molecule has 0 aliphatic rings. The van der Waals surface area contributed by atoms with Crippen molar-refractivity contribution in [2.24, 2.45) is 5.92 Å². The largest absolute Gasteiger partial charge is 0.310 e. The molecule has 96 valence electrons. The normalized spacial score (nSPS) is 13.1. The fourth-order valence-corrected chi connectivity index (χ4v) is 2.05. The molecule has 0 aromatic heterocycles. The predicted octanol–water partition coefficient (Wildman–Crippen LogP) is 4.31. The zero-order valence-corrected chi connectivity index (χ0v) is 11.1. The van der Waals surface area contributed by atoms with Gasteiger partial charge in [-0.1, -0.05) is 32.4 Å². The molecule has 0 spiro atoms. The van der Waals surface area contributed by atoms with Crippen LogP contribution in [0.3, 0.4) is 0 Å². The molecular weight excluding hydrogens is 244 g/mol. The Balaban J connectivity index is 3.05. The molecule has 1 N–H and O–H groups in total. The SMILES string of the molecule is CCCNC(c1cc(F)c(F)cc1Cl)C(C)C. The van der Waals surface area contributed by atoms with E-state index in [9.17, 15) is 8.78 Å². The first-order valence-corrected chi connectivity index (χ1v) is 6.23. The van der Waals surface area contributed by atoms with Crippen molar-refractivity contribution in [3.8, 4) is 0 Å². The Kier molecular flexibility index (Phi) is 5.34. The number of halogens is 3. The molecule has 0 amide bonds. The minimum absolute atomic E-state index is 0.0578. The minimum atomic E-state index is -0.906.